The van der Waals surface area contributed by atoms with E-state index in [1.54, 1.807) is 20.3 Å². The van der Waals surface area contributed by atoms with Crippen molar-refractivity contribution in [1.29, 1.82) is 5.26 Å². The van der Waals surface area contributed by atoms with Crippen molar-refractivity contribution in [1.82, 2.24) is 5.16 Å². The van der Waals surface area contributed by atoms with Gasteiger partial charge in [0.2, 0.25) is 5.88 Å². The SMILES string of the molecule is COc1ccc(C2C(C#N)=C(N)Nc3onc(C(C)(C)C)c32)c(OC)c1. The third-order valence-electron chi connectivity index (χ3n) is 4.43. The van der Waals surface area contributed by atoms with E-state index in [1.807, 2.05) is 32.9 Å². The van der Waals surface area contributed by atoms with Gasteiger partial charge in [0.15, 0.2) is 0 Å². The Labute approximate surface area is 152 Å². The molecule has 1 aliphatic heterocycles. The molecule has 0 amide bonds. The van der Waals surface area contributed by atoms with Crippen LogP contribution in [-0.4, -0.2) is 19.4 Å². The van der Waals surface area contributed by atoms with Crippen LogP contribution in [0.2, 0.25) is 0 Å². The van der Waals surface area contributed by atoms with Crippen LogP contribution in [0.5, 0.6) is 11.5 Å². The zero-order chi connectivity index (χ0) is 19.1. The van der Waals surface area contributed by atoms with Crippen LogP contribution in [0, 0.1) is 11.3 Å². The molecule has 1 unspecified atom stereocenters. The third-order valence-corrected chi connectivity index (χ3v) is 4.43. The van der Waals surface area contributed by atoms with Gasteiger partial charge in [0.05, 0.1) is 43.0 Å². The normalized spacial score (nSPS) is 16.5. The second-order valence-corrected chi connectivity index (χ2v) is 7.13. The molecule has 3 N–H and O–H groups in total. The Kier molecular flexibility index (Phi) is 4.28. The summed E-state index contributed by atoms with van der Waals surface area (Å²) >= 11 is 0. The highest BCUT2D eigenvalue weighted by atomic mass is 16.5. The molecule has 0 aliphatic carbocycles. The number of nitriles is 1. The van der Waals surface area contributed by atoms with Crippen LogP contribution in [0.15, 0.2) is 34.1 Å². The van der Waals surface area contributed by atoms with Crippen molar-refractivity contribution in [2.45, 2.75) is 32.1 Å². The van der Waals surface area contributed by atoms with Gasteiger partial charge in [0, 0.05) is 17.0 Å². The summed E-state index contributed by atoms with van der Waals surface area (Å²) in [6.45, 7) is 6.13. The molecule has 0 saturated heterocycles. The molecule has 2 aromatic rings. The molecule has 0 saturated carbocycles. The minimum atomic E-state index is -0.447. The number of nitrogens with one attached hydrogen (secondary N) is 1. The summed E-state index contributed by atoms with van der Waals surface area (Å²) in [5.41, 5.74) is 8.57. The van der Waals surface area contributed by atoms with E-state index in [4.69, 9.17) is 19.7 Å². The minimum absolute atomic E-state index is 0.250. The fourth-order valence-electron chi connectivity index (χ4n) is 3.18. The van der Waals surface area contributed by atoms with Gasteiger partial charge in [-0.15, -0.1) is 0 Å². The number of benzene rings is 1. The Morgan fingerprint density at radius 3 is 2.58 bits per heavy atom. The fourth-order valence-corrected chi connectivity index (χ4v) is 3.18. The largest absolute Gasteiger partial charge is 0.497 e. The van der Waals surface area contributed by atoms with E-state index in [-0.39, 0.29) is 11.2 Å². The van der Waals surface area contributed by atoms with Gasteiger partial charge in [-0.2, -0.15) is 5.26 Å². The third kappa shape index (κ3) is 2.73. The smallest absolute Gasteiger partial charge is 0.234 e. The number of ether oxygens (including phenoxy) is 2. The van der Waals surface area contributed by atoms with Crippen molar-refractivity contribution in [3.8, 4) is 17.6 Å². The fraction of sp³-hybridized carbons (Fsp3) is 0.368. The Bertz CT molecular complexity index is 916. The Hall–Kier alpha value is -3.14. The number of aromatic nitrogens is 1. The van der Waals surface area contributed by atoms with E-state index in [1.165, 1.54) is 0 Å². The van der Waals surface area contributed by atoms with Gasteiger partial charge in [-0.1, -0.05) is 32.0 Å². The molecule has 7 heteroatoms. The lowest BCUT2D eigenvalue weighted by atomic mass is 9.78. The van der Waals surface area contributed by atoms with Crippen molar-refractivity contribution in [2.75, 3.05) is 19.5 Å². The highest BCUT2D eigenvalue weighted by molar-refractivity contribution is 5.67. The average Bonchev–Trinajstić information content (AvgIpc) is 3.03. The van der Waals surface area contributed by atoms with Crippen LogP contribution in [0.1, 0.15) is 43.5 Å². The van der Waals surface area contributed by atoms with Gasteiger partial charge < -0.3 is 25.0 Å². The summed E-state index contributed by atoms with van der Waals surface area (Å²) in [6.07, 6.45) is 0. The number of hydrogen-bond donors (Lipinski definition) is 2. The first-order valence-corrected chi connectivity index (χ1v) is 8.20. The number of allylic oxidation sites excluding steroid dienone is 1. The van der Waals surface area contributed by atoms with Crippen molar-refractivity contribution in [3.63, 3.8) is 0 Å². The molecule has 0 fully saturated rings. The first-order chi connectivity index (χ1) is 12.3. The summed E-state index contributed by atoms with van der Waals surface area (Å²) in [6, 6.07) is 7.72. The highest BCUT2D eigenvalue weighted by Crippen LogP contribution is 2.48. The number of hydrogen-bond acceptors (Lipinski definition) is 7. The Morgan fingerprint density at radius 1 is 1.27 bits per heavy atom. The number of rotatable bonds is 3. The van der Waals surface area contributed by atoms with Crippen LogP contribution in [0.3, 0.4) is 0 Å². The monoisotopic (exact) mass is 354 g/mol. The molecule has 1 aromatic carbocycles. The molecule has 1 atom stereocenters. The maximum absolute atomic E-state index is 9.77. The summed E-state index contributed by atoms with van der Waals surface area (Å²) in [4.78, 5) is 0. The predicted octanol–water partition coefficient (Wildman–Crippen LogP) is 3.24. The topological polar surface area (TPSA) is 106 Å². The molecule has 136 valence electrons. The number of methoxy groups -OCH3 is 2. The van der Waals surface area contributed by atoms with Crippen LogP contribution in [0.25, 0.3) is 0 Å². The Morgan fingerprint density at radius 2 is 2.00 bits per heavy atom. The highest BCUT2D eigenvalue weighted by Gasteiger charge is 2.39. The summed E-state index contributed by atoms with van der Waals surface area (Å²) < 4.78 is 16.3. The summed E-state index contributed by atoms with van der Waals surface area (Å²) in [5, 5.41) is 17.0. The standard InChI is InChI=1S/C19H22N4O3/c1-19(2,3)16-15-14(11-7-6-10(24-4)8-13(11)25-5)12(9-20)17(21)22-18(15)26-23-16/h6-8,14,22H,21H2,1-5H3. The molecule has 2 heterocycles. The second kappa shape index (κ2) is 6.30. The van der Waals surface area contributed by atoms with Crippen molar-refractivity contribution >= 4 is 5.88 Å². The van der Waals surface area contributed by atoms with Gasteiger partial charge in [-0.3, -0.25) is 0 Å². The van der Waals surface area contributed by atoms with Gasteiger partial charge in [0.1, 0.15) is 17.3 Å². The molecule has 3 rings (SSSR count). The molecule has 0 spiro atoms. The lowest BCUT2D eigenvalue weighted by Gasteiger charge is -2.28. The molecule has 7 nitrogen and oxygen atoms in total. The van der Waals surface area contributed by atoms with E-state index < -0.39 is 5.92 Å². The number of nitrogens with two attached hydrogens (primary N) is 1. The van der Waals surface area contributed by atoms with Crippen LogP contribution >= 0.6 is 0 Å². The average molecular weight is 354 g/mol. The molecule has 1 aliphatic rings. The molecular weight excluding hydrogens is 332 g/mol. The molecule has 0 radical (unpaired) electrons. The van der Waals surface area contributed by atoms with E-state index in [2.05, 4.69) is 16.5 Å². The van der Waals surface area contributed by atoms with Crippen molar-refractivity contribution in [2.24, 2.45) is 5.73 Å². The van der Waals surface area contributed by atoms with Crippen LogP contribution < -0.4 is 20.5 Å². The second-order valence-electron chi connectivity index (χ2n) is 7.13. The molecular formula is C19H22N4O3. The first kappa shape index (κ1) is 17.7. The Balaban J connectivity index is 2.30. The number of fused-ring (bicyclic) bond motifs is 1. The number of anilines is 1. The maximum Gasteiger partial charge on any atom is 0.234 e. The molecule has 26 heavy (non-hydrogen) atoms. The van der Waals surface area contributed by atoms with Crippen LogP contribution in [-0.2, 0) is 5.41 Å². The minimum Gasteiger partial charge on any atom is -0.497 e. The lowest BCUT2D eigenvalue weighted by molar-refractivity contribution is 0.390. The molecule has 1 aromatic heterocycles. The van der Waals surface area contributed by atoms with E-state index in [0.717, 1.165) is 16.8 Å². The van der Waals surface area contributed by atoms with E-state index >= 15 is 0 Å². The molecule has 0 bridgehead atoms. The summed E-state index contributed by atoms with van der Waals surface area (Å²) in [7, 11) is 3.17. The van der Waals surface area contributed by atoms with Gasteiger partial charge in [-0.05, 0) is 6.07 Å². The van der Waals surface area contributed by atoms with Gasteiger partial charge in [-0.25, -0.2) is 0 Å². The predicted molar refractivity (Wildman–Crippen MR) is 97.0 cm³/mol. The van der Waals surface area contributed by atoms with E-state index in [0.29, 0.717) is 23.0 Å². The summed E-state index contributed by atoms with van der Waals surface area (Å²) in [5.74, 6) is 1.52. The van der Waals surface area contributed by atoms with Crippen LogP contribution in [0.4, 0.5) is 5.88 Å². The van der Waals surface area contributed by atoms with Crippen molar-refractivity contribution < 1.29 is 14.0 Å². The lowest BCUT2D eigenvalue weighted by Crippen LogP contribution is -2.25. The van der Waals surface area contributed by atoms with Gasteiger partial charge in [0.25, 0.3) is 0 Å². The maximum atomic E-state index is 9.77. The van der Waals surface area contributed by atoms with Gasteiger partial charge >= 0.3 is 0 Å². The first-order valence-electron chi connectivity index (χ1n) is 8.20. The van der Waals surface area contributed by atoms with E-state index in [9.17, 15) is 5.26 Å². The zero-order valence-electron chi connectivity index (χ0n) is 15.5. The zero-order valence-corrected chi connectivity index (χ0v) is 15.5. The number of nitrogens with zero attached hydrogens (tertiary/aromatic N) is 2. The van der Waals surface area contributed by atoms with Crippen molar-refractivity contribution in [3.05, 3.63) is 46.4 Å². The quantitative estimate of drug-likeness (QED) is 0.871.